The summed E-state index contributed by atoms with van der Waals surface area (Å²) in [5.41, 5.74) is 2.71. The fraction of sp³-hybridized carbons (Fsp3) is 0.429. The summed E-state index contributed by atoms with van der Waals surface area (Å²) in [6.45, 7) is 3.87. The van der Waals surface area contributed by atoms with Gasteiger partial charge in [-0.15, -0.1) is 0 Å². The Labute approximate surface area is 105 Å². The zero-order valence-electron chi connectivity index (χ0n) is 10.4. The van der Waals surface area contributed by atoms with Gasteiger partial charge in [0.25, 0.3) is 0 Å². The van der Waals surface area contributed by atoms with E-state index in [2.05, 4.69) is 5.32 Å². The largest absolute Gasteiger partial charge is 0.457 e. The van der Waals surface area contributed by atoms with E-state index in [4.69, 9.17) is 4.74 Å². The molecule has 0 saturated carbocycles. The lowest BCUT2D eigenvalue weighted by atomic mass is 9.78. The second-order valence-electron chi connectivity index (χ2n) is 5.15. The predicted molar refractivity (Wildman–Crippen MR) is 65.9 cm³/mol. The van der Waals surface area contributed by atoms with Crippen molar-refractivity contribution in [2.24, 2.45) is 11.8 Å². The van der Waals surface area contributed by atoms with Gasteiger partial charge in [-0.1, -0.05) is 25.1 Å². The van der Waals surface area contributed by atoms with Gasteiger partial charge in [0.1, 0.15) is 6.10 Å². The fourth-order valence-electron chi connectivity index (χ4n) is 2.91. The number of para-hydroxylation sites is 1. The summed E-state index contributed by atoms with van der Waals surface area (Å²) in [5.74, 6) is -0.505. The van der Waals surface area contributed by atoms with E-state index in [9.17, 15) is 9.59 Å². The van der Waals surface area contributed by atoms with Gasteiger partial charge in [0, 0.05) is 12.0 Å². The Morgan fingerprint density at radius 2 is 2.11 bits per heavy atom. The lowest BCUT2D eigenvalue weighted by molar-refractivity contribution is -0.165. The van der Waals surface area contributed by atoms with Gasteiger partial charge in [0.2, 0.25) is 5.91 Å². The molecule has 4 nitrogen and oxygen atoms in total. The van der Waals surface area contributed by atoms with Crippen LogP contribution in [0.3, 0.4) is 0 Å². The van der Waals surface area contributed by atoms with E-state index in [1.807, 2.05) is 32.0 Å². The van der Waals surface area contributed by atoms with Crippen LogP contribution in [0.4, 0.5) is 5.69 Å². The molecule has 0 radical (unpaired) electrons. The number of benzene rings is 1. The maximum Gasteiger partial charge on any atom is 0.306 e. The van der Waals surface area contributed by atoms with Crippen LogP contribution < -0.4 is 5.32 Å². The van der Waals surface area contributed by atoms with Crippen LogP contribution in [0.15, 0.2) is 18.2 Å². The van der Waals surface area contributed by atoms with Crippen LogP contribution in [-0.4, -0.2) is 11.9 Å². The van der Waals surface area contributed by atoms with Crippen LogP contribution >= 0.6 is 0 Å². The molecule has 3 rings (SSSR count). The van der Waals surface area contributed by atoms with Crippen molar-refractivity contribution in [1.29, 1.82) is 0 Å². The SMILES string of the molecule is Cc1cccc2c1NC(=O)[C@@H]1[C@@H]2OC(=O)C[C@@H]1C. The summed E-state index contributed by atoms with van der Waals surface area (Å²) in [6, 6.07) is 5.79. The van der Waals surface area contributed by atoms with Crippen LogP contribution in [0.25, 0.3) is 0 Å². The highest BCUT2D eigenvalue weighted by molar-refractivity contribution is 5.98. The van der Waals surface area contributed by atoms with Crippen LogP contribution in [-0.2, 0) is 14.3 Å². The lowest BCUT2D eigenvalue weighted by Gasteiger charge is -2.39. The Morgan fingerprint density at radius 1 is 1.33 bits per heavy atom. The number of esters is 1. The average molecular weight is 245 g/mol. The number of ether oxygens (including phenoxy) is 1. The number of rotatable bonds is 0. The molecule has 94 valence electrons. The van der Waals surface area contributed by atoms with Crippen molar-refractivity contribution in [1.82, 2.24) is 0 Å². The molecule has 4 heteroatoms. The molecular formula is C14H15NO3. The number of hydrogen-bond acceptors (Lipinski definition) is 3. The molecule has 0 bridgehead atoms. The number of nitrogens with one attached hydrogen (secondary N) is 1. The van der Waals surface area contributed by atoms with E-state index >= 15 is 0 Å². The van der Waals surface area contributed by atoms with Gasteiger partial charge in [0.15, 0.2) is 0 Å². The molecule has 1 fully saturated rings. The number of carbonyl (C=O) groups is 2. The highest BCUT2D eigenvalue weighted by Gasteiger charge is 2.45. The van der Waals surface area contributed by atoms with Crippen molar-refractivity contribution in [2.45, 2.75) is 26.4 Å². The topological polar surface area (TPSA) is 55.4 Å². The van der Waals surface area contributed by atoms with E-state index in [1.165, 1.54) is 0 Å². The van der Waals surface area contributed by atoms with Crippen molar-refractivity contribution < 1.29 is 14.3 Å². The van der Waals surface area contributed by atoms with Gasteiger partial charge in [-0.05, 0) is 18.4 Å². The number of fused-ring (bicyclic) bond motifs is 3. The summed E-state index contributed by atoms with van der Waals surface area (Å²) in [7, 11) is 0. The highest BCUT2D eigenvalue weighted by atomic mass is 16.5. The molecule has 1 aromatic rings. The standard InChI is InChI=1S/C14H15NO3/c1-7-4-3-5-9-12(7)15-14(17)11-8(2)6-10(16)18-13(9)11/h3-5,8,11,13H,6H2,1-2H3,(H,15,17)/t8-,11-,13+/m0/s1. The smallest absolute Gasteiger partial charge is 0.306 e. The molecule has 0 aromatic heterocycles. The van der Waals surface area contributed by atoms with Crippen molar-refractivity contribution >= 4 is 17.6 Å². The van der Waals surface area contributed by atoms with Crippen LogP contribution in [0, 0.1) is 18.8 Å². The molecule has 18 heavy (non-hydrogen) atoms. The number of aryl methyl sites for hydroxylation is 1. The summed E-state index contributed by atoms with van der Waals surface area (Å²) in [6.07, 6.45) is -0.111. The zero-order chi connectivity index (χ0) is 12.9. The molecule has 1 saturated heterocycles. The van der Waals surface area contributed by atoms with E-state index in [0.717, 1.165) is 16.8 Å². The maximum absolute atomic E-state index is 12.2. The predicted octanol–water partition coefficient (Wildman–Crippen LogP) is 2.19. The first-order valence-corrected chi connectivity index (χ1v) is 6.18. The van der Waals surface area contributed by atoms with Gasteiger partial charge in [-0.2, -0.15) is 0 Å². The minimum Gasteiger partial charge on any atom is -0.457 e. The number of amides is 1. The lowest BCUT2D eigenvalue weighted by Crippen LogP contribution is -2.43. The van der Waals surface area contributed by atoms with Gasteiger partial charge >= 0.3 is 5.97 Å². The summed E-state index contributed by atoms with van der Waals surface area (Å²) >= 11 is 0. The third-order valence-electron chi connectivity index (χ3n) is 3.85. The third-order valence-corrected chi connectivity index (χ3v) is 3.85. The monoisotopic (exact) mass is 245 g/mol. The second-order valence-corrected chi connectivity index (χ2v) is 5.15. The van der Waals surface area contributed by atoms with Gasteiger partial charge in [0.05, 0.1) is 11.6 Å². The minimum atomic E-state index is -0.426. The molecule has 2 heterocycles. The molecular weight excluding hydrogens is 230 g/mol. The third kappa shape index (κ3) is 1.52. The molecule has 0 spiro atoms. The fourth-order valence-corrected chi connectivity index (χ4v) is 2.91. The van der Waals surface area contributed by atoms with E-state index < -0.39 is 6.10 Å². The Morgan fingerprint density at radius 3 is 2.89 bits per heavy atom. The highest BCUT2D eigenvalue weighted by Crippen LogP contribution is 2.45. The Kier molecular flexibility index (Phi) is 2.40. The molecule has 1 N–H and O–H groups in total. The summed E-state index contributed by atoms with van der Waals surface area (Å²) in [5, 5.41) is 2.94. The first-order chi connectivity index (χ1) is 8.58. The molecule has 3 atom stereocenters. The maximum atomic E-state index is 12.2. The Balaban J connectivity index is 2.12. The van der Waals surface area contributed by atoms with Crippen molar-refractivity contribution in [3.8, 4) is 0 Å². The van der Waals surface area contributed by atoms with Crippen LogP contribution in [0.1, 0.15) is 30.6 Å². The molecule has 2 aliphatic heterocycles. The van der Waals surface area contributed by atoms with Gasteiger partial charge in [-0.25, -0.2) is 0 Å². The van der Waals surface area contributed by atoms with E-state index in [-0.39, 0.29) is 23.7 Å². The number of hydrogen-bond donors (Lipinski definition) is 1. The number of anilines is 1. The first-order valence-electron chi connectivity index (χ1n) is 6.18. The summed E-state index contributed by atoms with van der Waals surface area (Å²) in [4.78, 5) is 23.7. The van der Waals surface area contributed by atoms with E-state index in [0.29, 0.717) is 6.42 Å². The Bertz CT molecular complexity index is 538. The molecule has 0 unspecified atom stereocenters. The first kappa shape index (κ1) is 11.3. The minimum absolute atomic E-state index is 0.0184. The quantitative estimate of drug-likeness (QED) is 0.713. The average Bonchev–Trinajstić information content (AvgIpc) is 2.30. The number of carbonyl (C=O) groups excluding carboxylic acids is 2. The second kappa shape index (κ2) is 3.83. The van der Waals surface area contributed by atoms with Crippen molar-refractivity contribution in [3.05, 3.63) is 29.3 Å². The summed E-state index contributed by atoms with van der Waals surface area (Å²) < 4.78 is 5.41. The van der Waals surface area contributed by atoms with Crippen molar-refractivity contribution in [3.63, 3.8) is 0 Å². The van der Waals surface area contributed by atoms with Gasteiger partial charge < -0.3 is 10.1 Å². The van der Waals surface area contributed by atoms with Crippen molar-refractivity contribution in [2.75, 3.05) is 5.32 Å². The normalized spacial score (nSPS) is 30.0. The Hall–Kier alpha value is -1.84. The molecule has 2 aliphatic rings. The van der Waals surface area contributed by atoms with Gasteiger partial charge in [-0.3, -0.25) is 9.59 Å². The molecule has 1 amide bonds. The van der Waals surface area contributed by atoms with Crippen LogP contribution in [0.5, 0.6) is 0 Å². The van der Waals surface area contributed by atoms with E-state index in [1.54, 1.807) is 0 Å². The molecule has 0 aliphatic carbocycles. The molecule has 1 aromatic carbocycles. The van der Waals surface area contributed by atoms with Crippen LogP contribution in [0.2, 0.25) is 0 Å². The zero-order valence-corrected chi connectivity index (χ0v) is 10.4.